The van der Waals surface area contributed by atoms with E-state index in [2.05, 4.69) is 4.98 Å². The molecule has 0 aliphatic heterocycles. The topological polar surface area (TPSA) is 22.1 Å². The van der Waals surface area contributed by atoms with Crippen molar-refractivity contribution in [3.8, 4) is 5.19 Å². The van der Waals surface area contributed by atoms with Gasteiger partial charge >= 0.3 is 0 Å². The molecular weight excluding hydrogens is 182 g/mol. The SMILES string of the molecule is C/C=C/Oc1nc2ccccc2s1. The fourth-order valence-corrected chi connectivity index (χ4v) is 1.83. The van der Waals surface area contributed by atoms with Crippen molar-refractivity contribution >= 4 is 21.6 Å². The number of nitrogens with zero attached hydrogens (tertiary/aromatic N) is 1. The van der Waals surface area contributed by atoms with Crippen molar-refractivity contribution in [1.82, 2.24) is 4.98 Å². The molecule has 1 aromatic heterocycles. The van der Waals surface area contributed by atoms with Crippen LogP contribution < -0.4 is 4.74 Å². The Morgan fingerprint density at radius 2 is 2.23 bits per heavy atom. The first-order valence-corrected chi connectivity index (χ1v) is 4.85. The zero-order valence-corrected chi connectivity index (χ0v) is 8.04. The average Bonchev–Trinajstić information content (AvgIpc) is 2.57. The van der Waals surface area contributed by atoms with Crippen LogP contribution in [0.25, 0.3) is 10.2 Å². The highest BCUT2D eigenvalue weighted by atomic mass is 32.1. The lowest BCUT2D eigenvalue weighted by Gasteiger charge is -1.88. The summed E-state index contributed by atoms with van der Waals surface area (Å²) >= 11 is 1.55. The highest BCUT2D eigenvalue weighted by molar-refractivity contribution is 7.20. The second-order valence-electron chi connectivity index (χ2n) is 2.53. The van der Waals surface area contributed by atoms with Gasteiger partial charge < -0.3 is 4.74 Å². The predicted octanol–water partition coefficient (Wildman–Crippen LogP) is 3.21. The molecule has 66 valence electrons. The van der Waals surface area contributed by atoms with E-state index in [1.54, 1.807) is 17.6 Å². The summed E-state index contributed by atoms with van der Waals surface area (Å²) in [5.74, 6) is 0. The van der Waals surface area contributed by atoms with Crippen molar-refractivity contribution in [2.45, 2.75) is 6.92 Å². The van der Waals surface area contributed by atoms with E-state index < -0.39 is 0 Å². The molecule has 2 nitrogen and oxygen atoms in total. The summed E-state index contributed by atoms with van der Waals surface area (Å²) in [6, 6.07) is 7.99. The van der Waals surface area contributed by atoms with Crippen LogP contribution in [0.2, 0.25) is 0 Å². The number of para-hydroxylation sites is 1. The van der Waals surface area contributed by atoms with E-state index in [1.807, 2.05) is 37.3 Å². The first kappa shape index (κ1) is 8.26. The van der Waals surface area contributed by atoms with Crippen LogP contribution >= 0.6 is 11.3 Å². The molecule has 0 N–H and O–H groups in total. The van der Waals surface area contributed by atoms with Crippen molar-refractivity contribution < 1.29 is 4.74 Å². The summed E-state index contributed by atoms with van der Waals surface area (Å²) in [5.41, 5.74) is 0.993. The van der Waals surface area contributed by atoms with Gasteiger partial charge in [-0.15, -0.1) is 0 Å². The van der Waals surface area contributed by atoms with Gasteiger partial charge in [0.05, 0.1) is 16.5 Å². The molecule has 2 rings (SSSR count). The van der Waals surface area contributed by atoms with Gasteiger partial charge in [0.2, 0.25) is 0 Å². The highest BCUT2D eigenvalue weighted by Crippen LogP contribution is 2.27. The second kappa shape index (κ2) is 3.58. The minimum absolute atomic E-state index is 0.694. The number of ether oxygens (including phenoxy) is 1. The lowest BCUT2D eigenvalue weighted by atomic mass is 10.3. The third kappa shape index (κ3) is 1.70. The van der Waals surface area contributed by atoms with Gasteiger partial charge in [-0.25, -0.2) is 4.98 Å². The van der Waals surface area contributed by atoms with Crippen LogP contribution in [0, 0.1) is 0 Å². The zero-order valence-electron chi connectivity index (χ0n) is 7.23. The molecule has 0 atom stereocenters. The van der Waals surface area contributed by atoms with Crippen molar-refractivity contribution in [3.05, 3.63) is 36.6 Å². The maximum absolute atomic E-state index is 5.27. The lowest BCUT2D eigenvalue weighted by molar-refractivity contribution is 0.478. The first-order chi connectivity index (χ1) is 6.40. The Morgan fingerprint density at radius 1 is 1.38 bits per heavy atom. The number of rotatable bonds is 2. The molecule has 2 aromatic rings. The van der Waals surface area contributed by atoms with E-state index in [-0.39, 0.29) is 0 Å². The van der Waals surface area contributed by atoms with Gasteiger partial charge in [0.25, 0.3) is 5.19 Å². The number of benzene rings is 1. The average molecular weight is 191 g/mol. The Morgan fingerprint density at radius 3 is 3.00 bits per heavy atom. The van der Waals surface area contributed by atoms with Gasteiger partial charge in [-0.1, -0.05) is 29.5 Å². The molecule has 0 unspecified atom stereocenters. The van der Waals surface area contributed by atoms with E-state index >= 15 is 0 Å². The maximum atomic E-state index is 5.27. The molecule has 1 heterocycles. The summed E-state index contributed by atoms with van der Waals surface area (Å²) in [7, 11) is 0. The fourth-order valence-electron chi connectivity index (χ4n) is 1.03. The van der Waals surface area contributed by atoms with E-state index in [0.717, 1.165) is 10.2 Å². The Hall–Kier alpha value is -1.35. The Labute approximate surface area is 80.5 Å². The Balaban J connectivity index is 2.38. The van der Waals surface area contributed by atoms with Crippen LogP contribution in [0.15, 0.2) is 36.6 Å². The second-order valence-corrected chi connectivity index (χ2v) is 3.53. The van der Waals surface area contributed by atoms with Crippen LogP contribution in [-0.4, -0.2) is 4.98 Å². The van der Waals surface area contributed by atoms with E-state index in [0.29, 0.717) is 5.19 Å². The molecular formula is C10H9NOS. The summed E-state index contributed by atoms with van der Waals surface area (Å²) in [5, 5.41) is 0.694. The molecule has 13 heavy (non-hydrogen) atoms. The van der Waals surface area contributed by atoms with Crippen molar-refractivity contribution in [1.29, 1.82) is 0 Å². The van der Waals surface area contributed by atoms with Gasteiger partial charge in [-0.3, -0.25) is 0 Å². The first-order valence-electron chi connectivity index (χ1n) is 4.03. The third-order valence-corrected chi connectivity index (χ3v) is 2.51. The largest absolute Gasteiger partial charge is 0.439 e. The molecule has 0 amide bonds. The highest BCUT2D eigenvalue weighted by Gasteiger charge is 2.01. The smallest absolute Gasteiger partial charge is 0.279 e. The molecule has 0 aliphatic rings. The number of hydrogen-bond acceptors (Lipinski definition) is 3. The van der Waals surface area contributed by atoms with Crippen molar-refractivity contribution in [3.63, 3.8) is 0 Å². The molecule has 0 spiro atoms. The quantitative estimate of drug-likeness (QED) is 0.680. The van der Waals surface area contributed by atoms with Gasteiger partial charge in [0.15, 0.2) is 0 Å². The fraction of sp³-hybridized carbons (Fsp3) is 0.100. The molecule has 0 bridgehead atoms. The standard InChI is InChI=1S/C10H9NOS/c1-2-7-12-10-11-8-5-3-4-6-9(8)13-10/h2-7H,1H3/b7-2+. The number of allylic oxidation sites excluding steroid dienone is 1. The van der Waals surface area contributed by atoms with Gasteiger partial charge in [-0.2, -0.15) is 0 Å². The van der Waals surface area contributed by atoms with Crippen LogP contribution in [0.1, 0.15) is 6.92 Å². The third-order valence-electron chi connectivity index (χ3n) is 1.58. The number of aromatic nitrogens is 1. The Kier molecular flexibility index (Phi) is 2.27. The summed E-state index contributed by atoms with van der Waals surface area (Å²) in [6.07, 6.45) is 3.48. The number of hydrogen-bond donors (Lipinski definition) is 0. The van der Waals surface area contributed by atoms with E-state index in [4.69, 9.17) is 4.74 Å². The Bertz CT molecular complexity index is 400. The normalized spacial score (nSPS) is 11.2. The van der Waals surface area contributed by atoms with E-state index in [1.165, 1.54) is 0 Å². The molecule has 0 aliphatic carbocycles. The molecule has 0 fully saturated rings. The summed E-state index contributed by atoms with van der Waals surface area (Å²) in [6.45, 7) is 1.91. The summed E-state index contributed by atoms with van der Waals surface area (Å²) < 4.78 is 6.42. The molecule has 0 saturated carbocycles. The van der Waals surface area contributed by atoms with Gasteiger partial charge in [0, 0.05) is 0 Å². The minimum Gasteiger partial charge on any atom is -0.439 e. The van der Waals surface area contributed by atoms with Crippen LogP contribution in [0.4, 0.5) is 0 Å². The maximum Gasteiger partial charge on any atom is 0.279 e. The zero-order chi connectivity index (χ0) is 9.10. The number of thiazole rings is 1. The minimum atomic E-state index is 0.694. The van der Waals surface area contributed by atoms with Crippen LogP contribution in [0.3, 0.4) is 0 Å². The van der Waals surface area contributed by atoms with Crippen molar-refractivity contribution in [2.75, 3.05) is 0 Å². The molecule has 0 saturated heterocycles. The monoisotopic (exact) mass is 191 g/mol. The van der Waals surface area contributed by atoms with Crippen molar-refractivity contribution in [2.24, 2.45) is 0 Å². The van der Waals surface area contributed by atoms with Crippen LogP contribution in [-0.2, 0) is 0 Å². The van der Waals surface area contributed by atoms with Gasteiger partial charge in [-0.05, 0) is 19.1 Å². The number of fused-ring (bicyclic) bond motifs is 1. The molecule has 0 radical (unpaired) electrons. The van der Waals surface area contributed by atoms with E-state index in [9.17, 15) is 0 Å². The molecule has 3 heteroatoms. The lowest BCUT2D eigenvalue weighted by Crippen LogP contribution is -1.77. The van der Waals surface area contributed by atoms with Gasteiger partial charge in [0.1, 0.15) is 0 Å². The molecule has 1 aromatic carbocycles. The predicted molar refractivity (Wildman–Crippen MR) is 55.1 cm³/mol. The summed E-state index contributed by atoms with van der Waals surface area (Å²) in [4.78, 5) is 4.30. The van der Waals surface area contributed by atoms with Crippen LogP contribution in [0.5, 0.6) is 5.19 Å².